The zero-order chi connectivity index (χ0) is 54.3. The van der Waals surface area contributed by atoms with Gasteiger partial charge in [0.2, 0.25) is 0 Å². The third kappa shape index (κ3) is 18.2. The number of carbonyl (C=O) groups is 4. The van der Waals surface area contributed by atoms with Gasteiger partial charge in [-0.15, -0.1) is 0 Å². The number of carbonyl (C=O) groups excluding carboxylic acids is 4. The summed E-state index contributed by atoms with van der Waals surface area (Å²) in [6.07, 6.45) is 3.85. The number of benzene rings is 4. The summed E-state index contributed by atoms with van der Waals surface area (Å²) in [5.41, 5.74) is 4.50. The lowest BCUT2D eigenvalue weighted by molar-refractivity contribution is 0.00578. The van der Waals surface area contributed by atoms with Gasteiger partial charge in [0.25, 0.3) is 0 Å². The van der Waals surface area contributed by atoms with Crippen molar-refractivity contribution in [2.75, 3.05) is 51.0 Å². The van der Waals surface area contributed by atoms with E-state index >= 15 is 0 Å². The fourth-order valence-corrected chi connectivity index (χ4v) is 7.65. The number of rotatable bonds is 10. The number of ether oxygens (including phenoxy) is 6. The van der Waals surface area contributed by atoms with E-state index in [-0.39, 0.29) is 43.7 Å². The molecule has 74 heavy (non-hydrogen) atoms. The largest absolute Gasteiger partial charge is 0.495 e. The summed E-state index contributed by atoms with van der Waals surface area (Å²) in [4.78, 5) is 51.6. The fraction of sp³-hybridized carbons (Fsp3) is 0.429. The highest BCUT2D eigenvalue weighted by molar-refractivity contribution is 9.10. The number of halogens is 1. The molecule has 1 fully saturated rings. The minimum Gasteiger partial charge on any atom is -0.495 e. The van der Waals surface area contributed by atoms with Crippen LogP contribution in [0.1, 0.15) is 98.8 Å². The number of hydrogen-bond donors (Lipinski definition) is 2. The zero-order valence-electron chi connectivity index (χ0n) is 44.8. The van der Waals surface area contributed by atoms with Gasteiger partial charge in [-0.1, -0.05) is 94.8 Å². The van der Waals surface area contributed by atoms with Crippen LogP contribution in [0.5, 0.6) is 11.5 Å². The summed E-state index contributed by atoms with van der Waals surface area (Å²) in [6, 6.07) is 29.9. The predicted molar refractivity (Wildman–Crippen MR) is 291 cm³/mol. The normalized spacial score (nSPS) is 15.8. The van der Waals surface area contributed by atoms with Crippen molar-refractivity contribution in [2.24, 2.45) is 0 Å². The predicted octanol–water partition coefficient (Wildman–Crippen LogP) is 12.9. The van der Waals surface area contributed by atoms with Gasteiger partial charge in [0, 0.05) is 30.7 Å². The van der Waals surface area contributed by atoms with Crippen molar-refractivity contribution >= 4 is 64.4 Å². The fourth-order valence-electron chi connectivity index (χ4n) is 7.31. The zero-order valence-corrected chi connectivity index (χ0v) is 46.4. The Morgan fingerprint density at radius 3 is 1.49 bits per heavy atom. The highest BCUT2D eigenvalue weighted by Gasteiger charge is 2.52. The van der Waals surface area contributed by atoms with Crippen LogP contribution >= 0.6 is 15.9 Å². The monoisotopic (exact) mass is 1080 g/mol. The van der Waals surface area contributed by atoms with Crippen LogP contribution in [0.3, 0.4) is 0 Å². The summed E-state index contributed by atoms with van der Waals surface area (Å²) < 4.78 is 44.9. The van der Waals surface area contributed by atoms with Crippen LogP contribution < -0.4 is 20.1 Å². The van der Waals surface area contributed by atoms with Crippen LogP contribution in [0.4, 0.5) is 30.6 Å². The van der Waals surface area contributed by atoms with E-state index in [1.807, 2.05) is 160 Å². The van der Waals surface area contributed by atoms with E-state index in [0.717, 1.165) is 38.6 Å². The van der Waals surface area contributed by atoms with Crippen LogP contribution in [0.15, 0.2) is 119 Å². The van der Waals surface area contributed by atoms with Crippen LogP contribution in [0.2, 0.25) is 0 Å². The maximum absolute atomic E-state index is 12.3. The molecule has 16 nitrogen and oxygen atoms in total. The number of amides is 4. The first-order valence-corrected chi connectivity index (χ1v) is 25.3. The number of nitrogens with one attached hydrogen (secondary N) is 2. The van der Waals surface area contributed by atoms with Gasteiger partial charge in [0.05, 0.1) is 36.8 Å². The maximum Gasteiger partial charge on any atom is 0.490 e. The summed E-state index contributed by atoms with van der Waals surface area (Å²) >= 11 is 3.34. The molecule has 1 saturated heterocycles. The van der Waals surface area contributed by atoms with E-state index in [9.17, 15) is 19.2 Å². The molecule has 0 atom stereocenters. The molecule has 18 heteroatoms. The molecule has 0 spiro atoms. The minimum absolute atomic E-state index is 0.189. The second-order valence-electron chi connectivity index (χ2n) is 20.6. The van der Waals surface area contributed by atoms with Crippen LogP contribution in [-0.4, -0.2) is 104 Å². The molecule has 2 N–H and O–H groups in total. The Morgan fingerprint density at radius 2 is 1.07 bits per heavy atom. The topological polar surface area (TPSA) is 173 Å². The third-order valence-electron chi connectivity index (χ3n) is 11.9. The summed E-state index contributed by atoms with van der Waals surface area (Å²) in [5, 5.41) is 5.38. The number of nitrogens with zero attached hydrogens (tertiary/aromatic N) is 2. The van der Waals surface area contributed by atoms with Gasteiger partial charge in [0.1, 0.15) is 35.9 Å². The van der Waals surface area contributed by atoms with Crippen molar-refractivity contribution in [3.63, 3.8) is 0 Å². The number of hydrogen-bond acceptors (Lipinski definition) is 12. The van der Waals surface area contributed by atoms with Crippen LogP contribution in [-0.2, 0) is 41.5 Å². The van der Waals surface area contributed by atoms with E-state index < -0.39 is 23.4 Å². The van der Waals surface area contributed by atoms with E-state index in [1.54, 1.807) is 42.2 Å². The summed E-state index contributed by atoms with van der Waals surface area (Å²) in [7, 11) is 2.78. The molecule has 4 aromatic rings. The Morgan fingerprint density at radius 1 is 0.622 bits per heavy atom. The van der Waals surface area contributed by atoms with Crippen molar-refractivity contribution < 1.29 is 56.9 Å². The van der Waals surface area contributed by atoms with Gasteiger partial charge < -0.3 is 47.5 Å². The van der Waals surface area contributed by atoms with Crippen LogP contribution in [0.25, 0.3) is 5.57 Å². The molecule has 3 heterocycles. The minimum atomic E-state index is -0.551. The Hall–Kier alpha value is -6.50. The van der Waals surface area contributed by atoms with Gasteiger partial charge in [-0.25, -0.2) is 19.2 Å². The molecule has 0 unspecified atom stereocenters. The lowest BCUT2D eigenvalue weighted by Crippen LogP contribution is -2.41. The lowest BCUT2D eigenvalue weighted by Gasteiger charge is -2.32. The molecule has 0 aliphatic carbocycles. The SMILES string of the molecule is CC(C)(C)OC(=O)N1CC=C(B2OC(C)(C)C(C)(C)O2)CC1.COc1cc(Br)ccc1NC(=O)OCc1ccccc1.COc1cc(C2=CCN(C(=O)OC(C)(C)C)CC2)ccc1NC(=O)OCc1ccccc1. The first kappa shape index (κ1) is 58.4. The molecule has 0 radical (unpaired) electrons. The van der Waals surface area contributed by atoms with Gasteiger partial charge in [-0.3, -0.25) is 10.6 Å². The second-order valence-corrected chi connectivity index (χ2v) is 21.5. The number of anilines is 2. The van der Waals surface area contributed by atoms with Gasteiger partial charge in [-0.05, 0) is 140 Å². The van der Waals surface area contributed by atoms with Crippen LogP contribution in [0, 0.1) is 0 Å². The smallest absolute Gasteiger partial charge is 0.490 e. The van der Waals surface area contributed by atoms with Gasteiger partial charge in [-0.2, -0.15) is 0 Å². The average molecular weight is 1080 g/mol. The Labute approximate surface area is 445 Å². The molecule has 0 saturated carbocycles. The first-order chi connectivity index (χ1) is 34.8. The molecule has 4 amide bonds. The lowest BCUT2D eigenvalue weighted by atomic mass is 9.75. The second kappa shape index (κ2) is 26.1. The molecule has 7 rings (SSSR count). The van der Waals surface area contributed by atoms with E-state index in [0.29, 0.717) is 55.5 Å². The maximum atomic E-state index is 12.3. The van der Waals surface area contributed by atoms with Crippen molar-refractivity contribution in [2.45, 2.75) is 118 Å². The van der Waals surface area contributed by atoms with Crippen molar-refractivity contribution in [1.29, 1.82) is 0 Å². The van der Waals surface area contributed by atoms with Crippen molar-refractivity contribution in [3.05, 3.63) is 136 Å². The molecule has 0 aromatic heterocycles. The molecular weight excluding hydrogens is 1010 g/mol. The van der Waals surface area contributed by atoms with Crippen molar-refractivity contribution in [1.82, 2.24) is 9.80 Å². The van der Waals surface area contributed by atoms with E-state index in [4.69, 9.17) is 37.7 Å². The van der Waals surface area contributed by atoms with E-state index in [1.165, 1.54) is 0 Å². The van der Waals surface area contributed by atoms with E-state index in [2.05, 4.69) is 26.6 Å². The Balaban J connectivity index is 0.000000213. The highest BCUT2D eigenvalue weighted by atomic mass is 79.9. The third-order valence-corrected chi connectivity index (χ3v) is 12.4. The van der Waals surface area contributed by atoms with Gasteiger partial charge in [0.15, 0.2) is 0 Å². The molecule has 4 aromatic carbocycles. The molecule has 398 valence electrons. The molecule has 3 aliphatic rings. The standard InChI is InChI=1S/C25H30N2O5.C16H28BNO4.C15H14BrNO3/c1-25(2,3)32-24(29)27-14-12-19(13-15-27)20-10-11-21(22(16-20)30-4)26-23(28)31-17-18-8-6-5-7-9-18;1-14(2,3)20-13(19)18-10-8-12(9-11-18)17-21-15(4,5)16(6,7)22-17;1-19-14-9-12(16)7-8-13(14)17-15(18)20-10-11-5-3-2-4-6-11/h5-12,16H,13-15,17H2,1-4H3,(H,26,28);8H,9-11H2,1-7H3;2-9H,10H2,1H3,(H,17,18). The molecular formula is C56H72BBrN4O12. The first-order valence-electron chi connectivity index (χ1n) is 24.5. The van der Waals surface area contributed by atoms with Gasteiger partial charge >= 0.3 is 31.5 Å². The number of methoxy groups -OCH3 is 2. The Bertz CT molecular complexity index is 2580. The Kier molecular flexibility index (Phi) is 20.6. The quantitative estimate of drug-likeness (QED) is 0.114. The average Bonchev–Trinajstić information content (AvgIpc) is 3.58. The highest BCUT2D eigenvalue weighted by Crippen LogP contribution is 2.40. The molecule has 3 aliphatic heterocycles. The summed E-state index contributed by atoms with van der Waals surface area (Å²) in [6.45, 7) is 22.0. The van der Waals surface area contributed by atoms with Crippen molar-refractivity contribution in [3.8, 4) is 11.5 Å². The summed E-state index contributed by atoms with van der Waals surface area (Å²) in [5.74, 6) is 1.10. The molecule has 0 bridgehead atoms.